The summed E-state index contributed by atoms with van der Waals surface area (Å²) in [5.41, 5.74) is 1.39. The number of hydrogen-bond donors (Lipinski definition) is 1. The van der Waals surface area contributed by atoms with E-state index in [4.69, 9.17) is 4.74 Å². The zero-order chi connectivity index (χ0) is 20.2. The Labute approximate surface area is 171 Å². The van der Waals surface area contributed by atoms with E-state index in [-0.39, 0.29) is 11.3 Å². The van der Waals surface area contributed by atoms with Crippen molar-refractivity contribution in [2.75, 3.05) is 13.7 Å². The van der Waals surface area contributed by atoms with Crippen LogP contribution in [0.5, 0.6) is 5.75 Å². The Bertz CT molecular complexity index is 922. The highest BCUT2D eigenvalue weighted by atomic mass is 16.5. The largest absolute Gasteiger partial charge is 0.509 e. The molecule has 2 aliphatic rings. The number of methoxy groups -OCH3 is 1. The summed E-state index contributed by atoms with van der Waals surface area (Å²) in [5, 5.41) is 29.2. The van der Waals surface area contributed by atoms with Crippen molar-refractivity contribution < 1.29 is 9.84 Å². The molecule has 2 aromatic rings. The quantitative estimate of drug-likeness (QED) is 0.572. The molecule has 1 aromatic carbocycles. The molecule has 0 amide bonds. The van der Waals surface area contributed by atoms with Crippen LogP contribution in [0.25, 0.3) is 5.57 Å². The number of aliphatic hydroxyl groups is 1. The van der Waals surface area contributed by atoms with Gasteiger partial charge in [0, 0.05) is 25.6 Å². The molecule has 0 saturated heterocycles. The Balaban J connectivity index is 1.55. The summed E-state index contributed by atoms with van der Waals surface area (Å²) in [7, 11) is 1.66. The van der Waals surface area contributed by atoms with Crippen LogP contribution in [-0.2, 0) is 19.5 Å². The average molecular weight is 393 g/mol. The zero-order valence-corrected chi connectivity index (χ0v) is 16.8. The molecule has 1 fully saturated rings. The van der Waals surface area contributed by atoms with E-state index in [1.54, 1.807) is 7.11 Å². The number of aliphatic hydroxyl groups excluding tert-OH is 1. The second-order valence-corrected chi connectivity index (χ2v) is 7.82. The number of aryl methyl sites for hydroxylation is 1. The fourth-order valence-corrected chi connectivity index (χ4v) is 3.90. The van der Waals surface area contributed by atoms with Crippen molar-refractivity contribution >= 4 is 5.57 Å². The van der Waals surface area contributed by atoms with E-state index in [0.29, 0.717) is 18.4 Å². The molecule has 0 unspecified atom stereocenters. The second kappa shape index (κ2) is 8.66. The molecular formula is C22H27N5O2. The smallest absolute Gasteiger partial charge is 0.178 e. The number of rotatable bonds is 7. The van der Waals surface area contributed by atoms with Gasteiger partial charge >= 0.3 is 0 Å². The Morgan fingerprint density at radius 1 is 1.24 bits per heavy atom. The summed E-state index contributed by atoms with van der Waals surface area (Å²) in [4.78, 5) is 2.23. The first-order chi connectivity index (χ1) is 14.2. The molecule has 1 saturated carbocycles. The Morgan fingerprint density at radius 3 is 2.72 bits per heavy atom. The topological polar surface area (TPSA) is 87.2 Å². The lowest BCUT2D eigenvalue weighted by atomic mass is 10.1. The van der Waals surface area contributed by atoms with Crippen LogP contribution in [0.4, 0.5) is 0 Å². The summed E-state index contributed by atoms with van der Waals surface area (Å²) < 4.78 is 7.23. The zero-order valence-electron chi connectivity index (χ0n) is 16.8. The van der Waals surface area contributed by atoms with Gasteiger partial charge in [0.05, 0.1) is 13.7 Å². The van der Waals surface area contributed by atoms with Crippen LogP contribution in [0.2, 0.25) is 0 Å². The van der Waals surface area contributed by atoms with E-state index in [2.05, 4.69) is 21.2 Å². The average Bonchev–Trinajstić information content (AvgIpc) is 3.55. The van der Waals surface area contributed by atoms with Gasteiger partial charge in [-0.1, -0.05) is 18.6 Å². The number of nitriles is 1. The van der Waals surface area contributed by atoms with Crippen LogP contribution >= 0.6 is 0 Å². The van der Waals surface area contributed by atoms with Crippen molar-refractivity contribution in [3.05, 3.63) is 47.2 Å². The van der Waals surface area contributed by atoms with Crippen LogP contribution in [0.1, 0.15) is 49.3 Å². The van der Waals surface area contributed by atoms with Crippen molar-refractivity contribution in [1.29, 1.82) is 5.26 Å². The van der Waals surface area contributed by atoms with Crippen molar-refractivity contribution in [3.63, 3.8) is 0 Å². The molecule has 7 nitrogen and oxygen atoms in total. The predicted molar refractivity (Wildman–Crippen MR) is 109 cm³/mol. The van der Waals surface area contributed by atoms with Gasteiger partial charge in [0.2, 0.25) is 0 Å². The first kappa shape index (κ1) is 19.5. The van der Waals surface area contributed by atoms with Crippen LogP contribution < -0.4 is 4.74 Å². The predicted octanol–water partition coefficient (Wildman–Crippen LogP) is 3.47. The normalized spacial score (nSPS) is 17.3. The highest BCUT2D eigenvalue weighted by molar-refractivity contribution is 5.74. The number of nitrogens with zero attached hydrogens (tertiary/aromatic N) is 5. The third-order valence-corrected chi connectivity index (χ3v) is 5.69. The van der Waals surface area contributed by atoms with E-state index >= 15 is 0 Å². The Morgan fingerprint density at radius 2 is 2.03 bits per heavy atom. The molecule has 4 rings (SSSR count). The van der Waals surface area contributed by atoms with Crippen molar-refractivity contribution in [1.82, 2.24) is 19.7 Å². The van der Waals surface area contributed by atoms with Gasteiger partial charge in [-0.15, -0.1) is 10.2 Å². The summed E-state index contributed by atoms with van der Waals surface area (Å²) in [5.74, 6) is 2.32. The number of allylic oxidation sites excluding steroid dienone is 1. The van der Waals surface area contributed by atoms with Gasteiger partial charge in [-0.3, -0.25) is 4.90 Å². The third kappa shape index (κ3) is 4.43. The standard InChI is InChI=1S/C22H27N5O2/c1-29-18-10-6-16(7-11-18)14-26(17-8-9-17)15-20(28)19(13-23)22-25-24-21-5-3-2-4-12-27(21)22/h6-7,10-11,17,28H,2-5,8-9,12,14-15H2,1H3/b20-19-. The van der Waals surface area contributed by atoms with Crippen molar-refractivity contribution in [2.24, 2.45) is 0 Å². The van der Waals surface area contributed by atoms with E-state index in [1.807, 2.05) is 28.8 Å². The van der Waals surface area contributed by atoms with Crippen molar-refractivity contribution in [2.45, 2.75) is 57.7 Å². The second-order valence-electron chi connectivity index (χ2n) is 7.82. The lowest BCUT2D eigenvalue weighted by Crippen LogP contribution is -2.28. The molecule has 1 aliphatic carbocycles. The summed E-state index contributed by atoms with van der Waals surface area (Å²) in [6.07, 6.45) is 6.39. The summed E-state index contributed by atoms with van der Waals surface area (Å²) >= 11 is 0. The number of ether oxygens (including phenoxy) is 1. The molecule has 29 heavy (non-hydrogen) atoms. The summed E-state index contributed by atoms with van der Waals surface area (Å²) in [6.45, 7) is 1.85. The van der Waals surface area contributed by atoms with Crippen molar-refractivity contribution in [3.8, 4) is 11.8 Å². The lowest BCUT2D eigenvalue weighted by Gasteiger charge is -2.22. The number of hydrogen-bond acceptors (Lipinski definition) is 6. The highest BCUT2D eigenvalue weighted by Gasteiger charge is 2.31. The molecule has 7 heteroatoms. The molecule has 0 radical (unpaired) electrons. The molecule has 1 N–H and O–H groups in total. The summed E-state index contributed by atoms with van der Waals surface area (Å²) in [6, 6.07) is 10.6. The fraction of sp³-hybridized carbons (Fsp3) is 0.500. The van der Waals surface area contributed by atoms with Gasteiger partial charge in [0.15, 0.2) is 5.82 Å². The van der Waals surface area contributed by atoms with Gasteiger partial charge < -0.3 is 14.4 Å². The SMILES string of the molecule is COc1ccc(CN(C/C(O)=C(\C#N)c2nnc3n2CCCCC3)C2CC2)cc1. The number of fused-ring (bicyclic) bond motifs is 1. The van der Waals surface area contributed by atoms with Crippen LogP contribution in [-0.4, -0.2) is 44.5 Å². The lowest BCUT2D eigenvalue weighted by molar-refractivity contribution is 0.234. The monoisotopic (exact) mass is 393 g/mol. The first-order valence-corrected chi connectivity index (χ1v) is 10.3. The van der Waals surface area contributed by atoms with E-state index < -0.39 is 0 Å². The van der Waals surface area contributed by atoms with Crippen LogP contribution in [0.15, 0.2) is 30.0 Å². The van der Waals surface area contributed by atoms with E-state index in [0.717, 1.165) is 68.8 Å². The van der Waals surface area contributed by atoms with E-state index in [9.17, 15) is 10.4 Å². The van der Waals surface area contributed by atoms with Gasteiger partial charge in [-0.25, -0.2) is 0 Å². The first-order valence-electron chi connectivity index (χ1n) is 10.3. The van der Waals surface area contributed by atoms with Crippen LogP contribution in [0, 0.1) is 11.3 Å². The number of aromatic nitrogens is 3. The maximum atomic E-state index is 10.9. The molecule has 0 spiro atoms. The maximum Gasteiger partial charge on any atom is 0.178 e. The maximum absolute atomic E-state index is 10.9. The molecule has 1 aromatic heterocycles. The fourth-order valence-electron chi connectivity index (χ4n) is 3.90. The Kier molecular flexibility index (Phi) is 5.81. The van der Waals surface area contributed by atoms with E-state index in [1.165, 1.54) is 0 Å². The van der Waals surface area contributed by atoms with Crippen LogP contribution in [0.3, 0.4) is 0 Å². The number of benzene rings is 1. The molecule has 1 aliphatic heterocycles. The molecule has 0 bridgehead atoms. The minimum Gasteiger partial charge on any atom is -0.509 e. The Hall–Kier alpha value is -2.85. The highest BCUT2D eigenvalue weighted by Crippen LogP contribution is 2.30. The molecule has 152 valence electrons. The third-order valence-electron chi connectivity index (χ3n) is 5.69. The minimum absolute atomic E-state index is 0.0763. The van der Waals surface area contributed by atoms with Gasteiger partial charge in [-0.05, 0) is 43.4 Å². The van der Waals surface area contributed by atoms with Gasteiger partial charge in [-0.2, -0.15) is 5.26 Å². The van der Waals surface area contributed by atoms with Gasteiger partial charge in [0.1, 0.15) is 29.0 Å². The minimum atomic E-state index is 0.0763. The molecule has 2 heterocycles. The van der Waals surface area contributed by atoms with Gasteiger partial charge in [0.25, 0.3) is 0 Å². The molecule has 0 atom stereocenters. The molecular weight excluding hydrogens is 366 g/mol.